The Hall–Kier alpha value is -1.06. The molecular weight excluding hydrogens is 300 g/mol. The molecule has 0 aromatic heterocycles. The minimum atomic E-state index is -1.80. The zero-order valence-electron chi connectivity index (χ0n) is 16.2. The number of phenolic OH excluding ortho intramolecular Hbond substituents is 1. The molecular formula is C20H34O2Si. The Bertz CT molecular complexity index is 525. The summed E-state index contributed by atoms with van der Waals surface area (Å²) in [5, 5.41) is 10.8. The Balaban J connectivity index is 3.36. The van der Waals surface area contributed by atoms with Crippen LogP contribution in [0.5, 0.6) is 5.75 Å². The molecule has 0 aliphatic heterocycles. The molecule has 0 amide bonds. The zero-order chi connectivity index (χ0) is 18.1. The van der Waals surface area contributed by atoms with Crippen LogP contribution >= 0.6 is 0 Å². The van der Waals surface area contributed by atoms with E-state index >= 15 is 0 Å². The molecule has 130 valence electrons. The Kier molecular flexibility index (Phi) is 5.92. The molecule has 0 aliphatic rings. The van der Waals surface area contributed by atoms with Gasteiger partial charge in [0.05, 0.1) is 6.61 Å². The quantitative estimate of drug-likeness (QED) is 0.571. The van der Waals surface area contributed by atoms with Gasteiger partial charge >= 0.3 is 0 Å². The molecule has 1 N–H and O–H groups in total. The van der Waals surface area contributed by atoms with Crippen molar-refractivity contribution in [3.8, 4) is 5.75 Å². The lowest BCUT2D eigenvalue weighted by atomic mass is 9.78. The van der Waals surface area contributed by atoms with Crippen molar-refractivity contribution in [2.75, 3.05) is 6.61 Å². The SMILES string of the molecule is C=CCO[Si](C)(C)Cc1cc(C(C)(C)C)c(O)c(C(C)(C)C)c1. The van der Waals surface area contributed by atoms with E-state index in [9.17, 15) is 5.11 Å². The van der Waals surface area contributed by atoms with Crippen LogP contribution in [-0.4, -0.2) is 20.0 Å². The van der Waals surface area contributed by atoms with Crippen LogP contribution in [0.2, 0.25) is 13.1 Å². The van der Waals surface area contributed by atoms with Crippen molar-refractivity contribution >= 4 is 8.32 Å². The molecule has 1 rings (SSSR count). The lowest BCUT2D eigenvalue weighted by Gasteiger charge is -2.30. The van der Waals surface area contributed by atoms with E-state index in [-0.39, 0.29) is 10.8 Å². The summed E-state index contributed by atoms with van der Waals surface area (Å²) in [4.78, 5) is 0. The van der Waals surface area contributed by atoms with E-state index in [1.807, 2.05) is 6.08 Å². The molecule has 0 aliphatic carbocycles. The van der Waals surface area contributed by atoms with Gasteiger partial charge in [0.1, 0.15) is 5.75 Å². The van der Waals surface area contributed by atoms with Gasteiger partial charge in [-0.15, -0.1) is 6.58 Å². The number of phenols is 1. The zero-order valence-corrected chi connectivity index (χ0v) is 17.2. The van der Waals surface area contributed by atoms with Gasteiger partial charge in [-0.2, -0.15) is 0 Å². The number of benzene rings is 1. The third kappa shape index (κ3) is 5.50. The molecule has 0 saturated heterocycles. The molecule has 0 spiro atoms. The smallest absolute Gasteiger partial charge is 0.191 e. The van der Waals surface area contributed by atoms with E-state index in [1.54, 1.807) is 0 Å². The maximum Gasteiger partial charge on any atom is 0.191 e. The second kappa shape index (κ2) is 6.82. The van der Waals surface area contributed by atoms with Gasteiger partial charge in [-0.3, -0.25) is 0 Å². The van der Waals surface area contributed by atoms with Crippen molar-refractivity contribution in [1.29, 1.82) is 0 Å². The van der Waals surface area contributed by atoms with Crippen molar-refractivity contribution in [2.45, 2.75) is 71.5 Å². The molecule has 0 heterocycles. The van der Waals surface area contributed by atoms with Crippen LogP contribution in [0.25, 0.3) is 0 Å². The summed E-state index contributed by atoms with van der Waals surface area (Å²) >= 11 is 0. The van der Waals surface area contributed by atoms with E-state index < -0.39 is 8.32 Å². The second-order valence-corrected chi connectivity index (χ2v) is 13.2. The van der Waals surface area contributed by atoms with Gasteiger partial charge in [0.25, 0.3) is 0 Å². The van der Waals surface area contributed by atoms with Crippen molar-refractivity contribution in [2.24, 2.45) is 0 Å². The average molecular weight is 335 g/mol. The standard InChI is InChI=1S/C20H34O2Si/c1-10-11-22-23(8,9)14-15-12-16(19(2,3)4)18(21)17(13-15)20(5,6)7/h10,12-13,21H,1,11,14H2,2-9H3. The first-order valence-electron chi connectivity index (χ1n) is 8.39. The number of rotatable bonds is 5. The van der Waals surface area contributed by atoms with Gasteiger partial charge in [-0.25, -0.2) is 0 Å². The van der Waals surface area contributed by atoms with E-state index in [1.165, 1.54) is 5.56 Å². The lowest BCUT2D eigenvalue weighted by molar-refractivity contribution is 0.351. The molecule has 1 aromatic carbocycles. The van der Waals surface area contributed by atoms with E-state index in [0.717, 1.165) is 17.2 Å². The van der Waals surface area contributed by atoms with Gasteiger partial charge in [-0.1, -0.05) is 59.8 Å². The molecule has 0 fully saturated rings. The van der Waals surface area contributed by atoms with Crippen LogP contribution in [0, 0.1) is 0 Å². The minimum Gasteiger partial charge on any atom is -0.507 e. The molecule has 23 heavy (non-hydrogen) atoms. The van der Waals surface area contributed by atoms with Crippen LogP contribution in [-0.2, 0) is 21.3 Å². The summed E-state index contributed by atoms with van der Waals surface area (Å²) in [5.41, 5.74) is 3.13. The van der Waals surface area contributed by atoms with Gasteiger partial charge in [-0.05, 0) is 46.7 Å². The maximum absolute atomic E-state index is 10.8. The molecule has 0 saturated carbocycles. The Morgan fingerprint density at radius 1 is 1.04 bits per heavy atom. The van der Waals surface area contributed by atoms with Crippen molar-refractivity contribution in [3.05, 3.63) is 41.5 Å². The molecule has 0 atom stereocenters. The molecule has 0 radical (unpaired) electrons. The Morgan fingerprint density at radius 2 is 1.48 bits per heavy atom. The highest BCUT2D eigenvalue weighted by Crippen LogP contribution is 2.40. The highest BCUT2D eigenvalue weighted by atomic mass is 28.4. The third-order valence-corrected chi connectivity index (χ3v) is 6.22. The molecule has 2 nitrogen and oxygen atoms in total. The molecule has 0 bridgehead atoms. The maximum atomic E-state index is 10.8. The van der Waals surface area contributed by atoms with E-state index in [4.69, 9.17) is 4.43 Å². The highest BCUT2D eigenvalue weighted by Gasteiger charge is 2.29. The predicted octanol–water partition coefficient (Wildman–Crippen LogP) is 5.48. The first-order chi connectivity index (χ1) is 10.3. The summed E-state index contributed by atoms with van der Waals surface area (Å²) in [6.45, 7) is 21.7. The monoisotopic (exact) mass is 334 g/mol. The lowest BCUT2D eigenvalue weighted by Crippen LogP contribution is -2.34. The Labute approximate surface area is 143 Å². The van der Waals surface area contributed by atoms with E-state index in [0.29, 0.717) is 12.4 Å². The first kappa shape index (κ1) is 20.0. The van der Waals surface area contributed by atoms with Crippen LogP contribution in [0.4, 0.5) is 0 Å². The Morgan fingerprint density at radius 3 is 1.83 bits per heavy atom. The van der Waals surface area contributed by atoms with Crippen LogP contribution in [0.1, 0.15) is 58.2 Å². The topological polar surface area (TPSA) is 29.5 Å². The predicted molar refractivity (Wildman–Crippen MR) is 103 cm³/mol. The first-order valence-corrected chi connectivity index (χ1v) is 11.5. The van der Waals surface area contributed by atoms with Crippen molar-refractivity contribution < 1.29 is 9.53 Å². The van der Waals surface area contributed by atoms with Crippen LogP contribution < -0.4 is 0 Å². The second-order valence-electron chi connectivity index (χ2n) is 9.08. The summed E-state index contributed by atoms with van der Waals surface area (Å²) in [6, 6.07) is 5.26. The van der Waals surface area contributed by atoms with Crippen LogP contribution in [0.15, 0.2) is 24.8 Å². The fourth-order valence-corrected chi connectivity index (χ4v) is 4.63. The fourth-order valence-electron chi connectivity index (χ4n) is 2.77. The van der Waals surface area contributed by atoms with Crippen LogP contribution in [0.3, 0.4) is 0 Å². The molecule has 0 unspecified atom stereocenters. The van der Waals surface area contributed by atoms with Crippen molar-refractivity contribution in [3.63, 3.8) is 0 Å². The van der Waals surface area contributed by atoms with Gasteiger partial charge in [0.2, 0.25) is 0 Å². The summed E-state index contributed by atoms with van der Waals surface area (Å²) < 4.78 is 6.02. The largest absolute Gasteiger partial charge is 0.507 e. The number of hydrogen-bond donors (Lipinski definition) is 1. The number of hydrogen-bond acceptors (Lipinski definition) is 2. The summed E-state index contributed by atoms with van der Waals surface area (Å²) in [5.74, 6) is 0.445. The van der Waals surface area contributed by atoms with Gasteiger partial charge < -0.3 is 9.53 Å². The minimum absolute atomic E-state index is 0.0895. The number of aromatic hydroxyl groups is 1. The fraction of sp³-hybridized carbons (Fsp3) is 0.600. The van der Waals surface area contributed by atoms with Gasteiger partial charge in [0.15, 0.2) is 8.32 Å². The third-order valence-electron chi connectivity index (χ3n) is 4.01. The van der Waals surface area contributed by atoms with Crippen molar-refractivity contribution in [1.82, 2.24) is 0 Å². The normalized spacial score (nSPS) is 13.2. The molecule has 1 aromatic rings. The summed E-state index contributed by atoms with van der Waals surface area (Å²) in [7, 11) is -1.80. The highest BCUT2D eigenvalue weighted by molar-refractivity contribution is 6.70. The van der Waals surface area contributed by atoms with E-state index in [2.05, 4.69) is 73.3 Å². The molecule has 3 heteroatoms. The summed E-state index contributed by atoms with van der Waals surface area (Å²) in [6.07, 6.45) is 1.81. The van der Waals surface area contributed by atoms with Gasteiger partial charge in [0, 0.05) is 0 Å². The average Bonchev–Trinajstić information content (AvgIpc) is 2.35.